The lowest BCUT2D eigenvalue weighted by Crippen LogP contribution is -2.27. The molecule has 2 nitrogen and oxygen atoms in total. The maximum Gasteiger partial charge on any atom is 0.0636 e. The lowest BCUT2D eigenvalue weighted by molar-refractivity contribution is 0.187. The van der Waals surface area contributed by atoms with Crippen molar-refractivity contribution >= 4 is 11.6 Å². The van der Waals surface area contributed by atoms with Gasteiger partial charge in [0.25, 0.3) is 0 Å². The highest BCUT2D eigenvalue weighted by Gasteiger charge is 2.08. The van der Waals surface area contributed by atoms with Gasteiger partial charge in [-0.1, -0.05) is 29.8 Å². The number of halogens is 1. The van der Waals surface area contributed by atoms with E-state index in [9.17, 15) is 0 Å². The first kappa shape index (κ1) is 11.5. The van der Waals surface area contributed by atoms with Gasteiger partial charge in [0.05, 0.1) is 6.10 Å². The molecule has 0 heterocycles. The molecule has 0 spiro atoms. The van der Waals surface area contributed by atoms with Crippen LogP contribution in [0.15, 0.2) is 24.3 Å². The lowest BCUT2D eigenvalue weighted by Gasteiger charge is -2.16. The van der Waals surface area contributed by atoms with Gasteiger partial charge in [-0.3, -0.25) is 0 Å². The second-order valence-electron chi connectivity index (χ2n) is 3.50. The van der Waals surface area contributed by atoms with Crippen molar-refractivity contribution < 1.29 is 5.11 Å². The summed E-state index contributed by atoms with van der Waals surface area (Å²) in [6.45, 7) is 4.36. The van der Waals surface area contributed by atoms with Crippen LogP contribution in [0.2, 0.25) is 5.02 Å². The van der Waals surface area contributed by atoms with Crippen molar-refractivity contribution in [2.45, 2.75) is 26.0 Å². The number of nitrogens with one attached hydrogen (secondary N) is 1. The second kappa shape index (κ2) is 5.35. The maximum atomic E-state index is 9.12. The number of aliphatic hydroxyl groups excluding tert-OH is 1. The van der Waals surface area contributed by atoms with Gasteiger partial charge in [-0.25, -0.2) is 0 Å². The molecule has 1 aromatic carbocycles. The molecule has 0 saturated heterocycles. The fourth-order valence-corrected chi connectivity index (χ4v) is 1.58. The largest absolute Gasteiger partial charge is 0.392 e. The van der Waals surface area contributed by atoms with Gasteiger partial charge < -0.3 is 10.4 Å². The van der Waals surface area contributed by atoms with Gasteiger partial charge >= 0.3 is 0 Å². The van der Waals surface area contributed by atoms with Crippen LogP contribution in [0.3, 0.4) is 0 Å². The van der Waals surface area contributed by atoms with Crippen molar-refractivity contribution in [3.8, 4) is 0 Å². The average molecular weight is 214 g/mol. The summed E-state index contributed by atoms with van der Waals surface area (Å²) >= 11 is 6.03. The van der Waals surface area contributed by atoms with Gasteiger partial charge in [0.2, 0.25) is 0 Å². The summed E-state index contributed by atoms with van der Waals surface area (Å²) in [6.07, 6.45) is -0.333. The zero-order valence-corrected chi connectivity index (χ0v) is 9.25. The Morgan fingerprint density at radius 3 is 2.57 bits per heavy atom. The zero-order valence-electron chi connectivity index (χ0n) is 8.50. The molecule has 0 aliphatic rings. The Hall–Kier alpha value is -0.570. The van der Waals surface area contributed by atoms with Crippen LogP contribution in [0.5, 0.6) is 0 Å². The molecule has 1 rings (SSSR count). The van der Waals surface area contributed by atoms with Crippen LogP contribution < -0.4 is 5.32 Å². The molecular formula is C11H16ClNO. The molecule has 0 amide bonds. The number of aliphatic hydroxyl groups is 1. The second-order valence-corrected chi connectivity index (χ2v) is 3.91. The van der Waals surface area contributed by atoms with Crippen LogP contribution in [-0.4, -0.2) is 17.8 Å². The van der Waals surface area contributed by atoms with Crippen molar-refractivity contribution in [3.63, 3.8) is 0 Å². The summed E-state index contributed by atoms with van der Waals surface area (Å²) < 4.78 is 0. The predicted octanol–water partition coefficient (Wildman–Crippen LogP) is 2.37. The molecule has 2 atom stereocenters. The van der Waals surface area contributed by atoms with E-state index in [1.54, 1.807) is 6.92 Å². The molecule has 2 N–H and O–H groups in total. The number of benzene rings is 1. The SMILES string of the molecule is C[C@H](NC[C@@H](C)O)c1ccccc1Cl. The van der Waals surface area contributed by atoms with Crippen LogP contribution >= 0.6 is 11.6 Å². The Labute approximate surface area is 89.9 Å². The van der Waals surface area contributed by atoms with Crippen LogP contribution in [0, 0.1) is 0 Å². The van der Waals surface area contributed by atoms with E-state index in [-0.39, 0.29) is 12.1 Å². The Morgan fingerprint density at radius 1 is 1.36 bits per heavy atom. The predicted molar refractivity (Wildman–Crippen MR) is 59.6 cm³/mol. The molecular weight excluding hydrogens is 198 g/mol. The highest BCUT2D eigenvalue weighted by molar-refractivity contribution is 6.31. The Kier molecular flexibility index (Phi) is 4.39. The van der Waals surface area contributed by atoms with Gasteiger partial charge in [0.1, 0.15) is 0 Å². The zero-order chi connectivity index (χ0) is 10.6. The van der Waals surface area contributed by atoms with Crippen molar-refractivity contribution in [3.05, 3.63) is 34.9 Å². The van der Waals surface area contributed by atoms with Gasteiger partial charge in [-0.2, -0.15) is 0 Å². The molecule has 0 aromatic heterocycles. The van der Waals surface area contributed by atoms with Crippen LogP contribution in [0.4, 0.5) is 0 Å². The summed E-state index contributed by atoms with van der Waals surface area (Å²) in [5.41, 5.74) is 1.06. The maximum absolute atomic E-state index is 9.12. The van der Waals surface area contributed by atoms with E-state index < -0.39 is 0 Å². The topological polar surface area (TPSA) is 32.3 Å². The summed E-state index contributed by atoms with van der Waals surface area (Å²) in [6, 6.07) is 7.90. The Balaban J connectivity index is 2.60. The third-order valence-electron chi connectivity index (χ3n) is 2.09. The number of hydrogen-bond donors (Lipinski definition) is 2. The van der Waals surface area contributed by atoms with E-state index in [0.29, 0.717) is 6.54 Å². The minimum atomic E-state index is -0.333. The van der Waals surface area contributed by atoms with Crippen molar-refractivity contribution in [1.29, 1.82) is 0 Å². The number of hydrogen-bond acceptors (Lipinski definition) is 2. The van der Waals surface area contributed by atoms with Gasteiger partial charge in [0, 0.05) is 17.6 Å². The van der Waals surface area contributed by atoms with Crippen LogP contribution in [-0.2, 0) is 0 Å². The fourth-order valence-electron chi connectivity index (χ4n) is 1.28. The first-order chi connectivity index (χ1) is 6.61. The molecule has 0 aliphatic carbocycles. The van der Waals surface area contributed by atoms with Crippen LogP contribution in [0.1, 0.15) is 25.5 Å². The average Bonchev–Trinajstić information content (AvgIpc) is 2.15. The summed E-state index contributed by atoms with van der Waals surface area (Å²) in [5.74, 6) is 0. The summed E-state index contributed by atoms with van der Waals surface area (Å²) in [7, 11) is 0. The quantitative estimate of drug-likeness (QED) is 0.805. The molecule has 14 heavy (non-hydrogen) atoms. The first-order valence-corrected chi connectivity index (χ1v) is 5.15. The molecule has 0 saturated carbocycles. The molecule has 0 fully saturated rings. The molecule has 1 aromatic rings. The van der Waals surface area contributed by atoms with E-state index in [2.05, 4.69) is 5.32 Å². The molecule has 0 unspecified atom stereocenters. The Morgan fingerprint density at radius 2 is 2.00 bits per heavy atom. The molecule has 0 bridgehead atoms. The normalized spacial score (nSPS) is 15.1. The minimum absolute atomic E-state index is 0.165. The molecule has 78 valence electrons. The standard InChI is InChI=1S/C11H16ClNO/c1-8(14)7-13-9(2)10-5-3-4-6-11(10)12/h3-6,8-9,13-14H,7H2,1-2H3/t8-,9+/m1/s1. The third-order valence-corrected chi connectivity index (χ3v) is 2.44. The fraction of sp³-hybridized carbons (Fsp3) is 0.455. The van der Waals surface area contributed by atoms with Gasteiger partial charge in [0.15, 0.2) is 0 Å². The van der Waals surface area contributed by atoms with Crippen LogP contribution in [0.25, 0.3) is 0 Å². The van der Waals surface area contributed by atoms with Gasteiger partial charge in [-0.05, 0) is 25.5 Å². The van der Waals surface area contributed by atoms with E-state index >= 15 is 0 Å². The van der Waals surface area contributed by atoms with Gasteiger partial charge in [-0.15, -0.1) is 0 Å². The molecule has 0 radical (unpaired) electrons. The van der Waals surface area contributed by atoms with Crippen molar-refractivity contribution in [2.24, 2.45) is 0 Å². The number of rotatable bonds is 4. The summed E-state index contributed by atoms with van der Waals surface area (Å²) in [4.78, 5) is 0. The van der Waals surface area contributed by atoms with Crippen molar-refractivity contribution in [1.82, 2.24) is 5.32 Å². The summed E-state index contributed by atoms with van der Waals surface area (Å²) in [5, 5.41) is 13.1. The lowest BCUT2D eigenvalue weighted by atomic mass is 10.1. The minimum Gasteiger partial charge on any atom is -0.392 e. The monoisotopic (exact) mass is 213 g/mol. The third kappa shape index (κ3) is 3.29. The first-order valence-electron chi connectivity index (χ1n) is 4.77. The molecule has 3 heteroatoms. The van der Waals surface area contributed by atoms with Crippen molar-refractivity contribution in [2.75, 3.05) is 6.54 Å². The van der Waals surface area contributed by atoms with E-state index in [4.69, 9.17) is 16.7 Å². The van der Waals surface area contributed by atoms with E-state index in [1.165, 1.54) is 0 Å². The van der Waals surface area contributed by atoms with E-state index in [0.717, 1.165) is 10.6 Å². The smallest absolute Gasteiger partial charge is 0.0636 e. The highest BCUT2D eigenvalue weighted by atomic mass is 35.5. The van der Waals surface area contributed by atoms with E-state index in [1.807, 2.05) is 31.2 Å². The molecule has 0 aliphatic heterocycles. The Bertz CT molecular complexity index is 288. The highest BCUT2D eigenvalue weighted by Crippen LogP contribution is 2.21.